The van der Waals surface area contributed by atoms with Crippen LogP contribution in [0.25, 0.3) is 0 Å². The van der Waals surface area contributed by atoms with Crippen LogP contribution in [0.5, 0.6) is 0 Å². The van der Waals surface area contributed by atoms with Crippen LogP contribution in [0.2, 0.25) is 0 Å². The highest BCUT2D eigenvalue weighted by Gasteiger charge is 2.52. The van der Waals surface area contributed by atoms with Crippen molar-refractivity contribution in [1.82, 2.24) is 0 Å². The zero-order valence-corrected chi connectivity index (χ0v) is 11.8. The van der Waals surface area contributed by atoms with Crippen molar-refractivity contribution >= 4 is 43.8 Å². The Balaban J connectivity index is 3.42. The first-order valence-corrected chi connectivity index (χ1v) is 5.98. The van der Waals surface area contributed by atoms with Crippen LogP contribution in [0, 0.1) is 0 Å². The van der Waals surface area contributed by atoms with Crippen LogP contribution in [0.4, 0.5) is 0 Å². The average Bonchev–Trinajstić information content (AvgIpc) is 2.07. The Bertz CT molecular complexity index is 379. The molecular formula is C10H10Br2O4. The largest absolute Gasteiger partial charge is 0.478 e. The minimum Gasteiger partial charge on any atom is -0.478 e. The highest BCUT2D eigenvalue weighted by molar-refractivity contribution is 9.13. The van der Waals surface area contributed by atoms with E-state index in [1.807, 2.05) is 0 Å². The normalized spacial score (nSPS) is 34.0. The number of carboxylic acids is 2. The number of halogens is 2. The van der Waals surface area contributed by atoms with E-state index in [4.69, 9.17) is 10.2 Å². The van der Waals surface area contributed by atoms with Crippen LogP contribution in [0.1, 0.15) is 13.8 Å². The predicted octanol–water partition coefficient (Wildman–Crippen LogP) is 2.33. The number of hydrogen-bond donors (Lipinski definition) is 2. The molecule has 0 bridgehead atoms. The van der Waals surface area contributed by atoms with Crippen molar-refractivity contribution in [2.45, 2.75) is 22.5 Å². The number of allylic oxidation sites excluding steroid dienone is 2. The lowest BCUT2D eigenvalue weighted by atomic mass is 9.79. The molecule has 0 aromatic heterocycles. The van der Waals surface area contributed by atoms with Gasteiger partial charge in [0.05, 0.1) is 19.8 Å². The zero-order chi connectivity index (χ0) is 12.7. The fourth-order valence-corrected chi connectivity index (χ4v) is 2.56. The molecule has 6 heteroatoms. The highest BCUT2D eigenvalue weighted by atomic mass is 79.9. The van der Waals surface area contributed by atoms with Gasteiger partial charge in [0.25, 0.3) is 0 Å². The molecule has 0 saturated carbocycles. The van der Waals surface area contributed by atoms with Crippen molar-refractivity contribution in [2.24, 2.45) is 0 Å². The Morgan fingerprint density at radius 2 is 1.25 bits per heavy atom. The highest BCUT2D eigenvalue weighted by Crippen LogP contribution is 2.50. The Morgan fingerprint density at radius 3 is 1.44 bits per heavy atom. The van der Waals surface area contributed by atoms with Gasteiger partial charge in [-0.2, -0.15) is 0 Å². The van der Waals surface area contributed by atoms with Crippen molar-refractivity contribution in [3.8, 4) is 0 Å². The first-order chi connectivity index (χ1) is 7.12. The second-order valence-corrected chi connectivity index (χ2v) is 6.95. The SMILES string of the molecule is CC1(Br)C(C(=O)O)=CC=C(C(=O)O)C1(C)Br. The number of aliphatic carboxylic acids is 2. The quantitative estimate of drug-likeness (QED) is 0.747. The predicted molar refractivity (Wildman–Crippen MR) is 66.1 cm³/mol. The van der Waals surface area contributed by atoms with Crippen LogP contribution >= 0.6 is 31.9 Å². The fourth-order valence-electron chi connectivity index (χ4n) is 1.53. The monoisotopic (exact) mass is 352 g/mol. The number of alkyl halides is 2. The van der Waals surface area contributed by atoms with E-state index in [1.54, 1.807) is 13.8 Å². The lowest BCUT2D eigenvalue weighted by Crippen LogP contribution is -2.48. The molecule has 0 aliphatic heterocycles. The molecular weight excluding hydrogens is 344 g/mol. The Hall–Kier alpha value is -0.620. The van der Waals surface area contributed by atoms with Crippen LogP contribution in [-0.2, 0) is 9.59 Å². The van der Waals surface area contributed by atoms with Gasteiger partial charge in [0.2, 0.25) is 0 Å². The molecule has 88 valence electrons. The van der Waals surface area contributed by atoms with Gasteiger partial charge in [0.15, 0.2) is 0 Å². The third-order valence-corrected chi connectivity index (χ3v) is 5.74. The maximum atomic E-state index is 11.0. The minimum atomic E-state index is -1.08. The van der Waals surface area contributed by atoms with Gasteiger partial charge in [-0.25, -0.2) is 9.59 Å². The standard InChI is InChI=1S/C10H10Br2O4/c1-9(11)5(7(13)14)3-4-6(8(15)16)10(9,2)12/h3-4H,1-2H3,(H,13,14)(H,15,16). The van der Waals surface area contributed by atoms with E-state index in [-0.39, 0.29) is 11.1 Å². The second kappa shape index (κ2) is 4.00. The van der Waals surface area contributed by atoms with Crippen molar-refractivity contribution in [1.29, 1.82) is 0 Å². The summed E-state index contributed by atoms with van der Waals surface area (Å²) in [5, 5.41) is 18.1. The molecule has 0 radical (unpaired) electrons. The molecule has 0 spiro atoms. The van der Waals surface area contributed by atoms with Crippen LogP contribution in [0.3, 0.4) is 0 Å². The zero-order valence-electron chi connectivity index (χ0n) is 8.62. The molecule has 0 fully saturated rings. The van der Waals surface area contributed by atoms with Crippen LogP contribution in [-0.4, -0.2) is 30.8 Å². The molecule has 1 rings (SSSR count). The molecule has 16 heavy (non-hydrogen) atoms. The summed E-state index contributed by atoms with van der Waals surface area (Å²) in [5.74, 6) is -2.16. The van der Waals surface area contributed by atoms with Gasteiger partial charge in [-0.15, -0.1) is 0 Å². The lowest BCUT2D eigenvalue weighted by molar-refractivity contribution is -0.135. The first kappa shape index (κ1) is 13.4. The van der Waals surface area contributed by atoms with E-state index in [9.17, 15) is 9.59 Å². The third-order valence-electron chi connectivity index (χ3n) is 2.77. The van der Waals surface area contributed by atoms with Crippen molar-refractivity contribution in [2.75, 3.05) is 0 Å². The van der Waals surface area contributed by atoms with E-state index in [0.29, 0.717) is 0 Å². The smallest absolute Gasteiger partial charge is 0.333 e. The van der Waals surface area contributed by atoms with E-state index >= 15 is 0 Å². The summed E-state index contributed by atoms with van der Waals surface area (Å²) >= 11 is 6.58. The molecule has 0 saturated heterocycles. The summed E-state index contributed by atoms with van der Waals surface area (Å²) in [6.07, 6.45) is 2.62. The Morgan fingerprint density at radius 1 is 1.00 bits per heavy atom. The van der Waals surface area contributed by atoms with Gasteiger partial charge in [-0.1, -0.05) is 31.9 Å². The van der Waals surface area contributed by atoms with Gasteiger partial charge in [-0.3, -0.25) is 0 Å². The molecule has 0 aromatic carbocycles. The fraction of sp³-hybridized carbons (Fsp3) is 0.400. The summed E-state index contributed by atoms with van der Waals surface area (Å²) in [7, 11) is 0. The molecule has 4 nitrogen and oxygen atoms in total. The Labute approximate surface area is 109 Å². The molecule has 0 amide bonds. The summed E-state index contributed by atoms with van der Waals surface area (Å²) in [5.41, 5.74) is 0.216. The lowest BCUT2D eigenvalue weighted by Gasteiger charge is -2.41. The van der Waals surface area contributed by atoms with Crippen LogP contribution in [0.15, 0.2) is 23.3 Å². The number of carboxylic acid groups (broad SMARTS) is 2. The Kier molecular flexibility index (Phi) is 3.36. The molecule has 1 aliphatic rings. The first-order valence-electron chi connectivity index (χ1n) is 4.39. The maximum Gasteiger partial charge on any atom is 0.333 e. The van der Waals surface area contributed by atoms with Gasteiger partial charge < -0.3 is 10.2 Å². The van der Waals surface area contributed by atoms with E-state index in [2.05, 4.69) is 31.9 Å². The topological polar surface area (TPSA) is 74.6 Å². The summed E-state index contributed by atoms with van der Waals surface area (Å²) in [4.78, 5) is 22.1. The molecule has 0 heterocycles. The van der Waals surface area contributed by atoms with Gasteiger partial charge in [0, 0.05) is 0 Å². The van der Waals surface area contributed by atoms with Crippen molar-refractivity contribution in [3.05, 3.63) is 23.3 Å². The average molecular weight is 354 g/mol. The van der Waals surface area contributed by atoms with E-state index in [1.165, 1.54) is 12.2 Å². The minimum absolute atomic E-state index is 0.108. The third kappa shape index (κ3) is 1.84. The molecule has 2 N–H and O–H groups in total. The summed E-state index contributed by atoms with van der Waals surface area (Å²) < 4.78 is -1.98. The number of carbonyl (C=O) groups is 2. The van der Waals surface area contributed by atoms with Gasteiger partial charge in [-0.05, 0) is 26.0 Å². The second-order valence-electron chi connectivity index (χ2n) is 3.78. The van der Waals surface area contributed by atoms with Gasteiger partial charge in [0.1, 0.15) is 0 Å². The van der Waals surface area contributed by atoms with Crippen LogP contribution < -0.4 is 0 Å². The van der Waals surface area contributed by atoms with E-state index < -0.39 is 20.6 Å². The van der Waals surface area contributed by atoms with Crippen molar-refractivity contribution in [3.63, 3.8) is 0 Å². The summed E-state index contributed by atoms with van der Waals surface area (Å²) in [6, 6.07) is 0. The van der Waals surface area contributed by atoms with Crippen molar-refractivity contribution < 1.29 is 19.8 Å². The number of rotatable bonds is 2. The molecule has 1 aliphatic carbocycles. The maximum absolute atomic E-state index is 11.0. The van der Waals surface area contributed by atoms with Gasteiger partial charge >= 0.3 is 11.9 Å². The number of hydrogen-bond acceptors (Lipinski definition) is 2. The summed E-state index contributed by atoms with van der Waals surface area (Å²) in [6.45, 7) is 3.25. The molecule has 2 atom stereocenters. The molecule has 0 aromatic rings. The van der Waals surface area contributed by atoms with E-state index in [0.717, 1.165) is 0 Å². The molecule has 2 unspecified atom stereocenters.